The van der Waals surface area contributed by atoms with Gasteiger partial charge in [-0.15, -0.1) is 0 Å². The summed E-state index contributed by atoms with van der Waals surface area (Å²) in [7, 11) is 0. The maximum Gasteiger partial charge on any atom is 0.225 e. The molecule has 2 heterocycles. The summed E-state index contributed by atoms with van der Waals surface area (Å²) in [6.45, 7) is 4.82. The zero-order valence-corrected chi connectivity index (χ0v) is 13.7. The van der Waals surface area contributed by atoms with Crippen LogP contribution in [0.2, 0.25) is 0 Å². The van der Waals surface area contributed by atoms with Crippen molar-refractivity contribution >= 4 is 5.91 Å². The van der Waals surface area contributed by atoms with Gasteiger partial charge in [0.25, 0.3) is 0 Å². The predicted octanol–water partition coefficient (Wildman–Crippen LogP) is 2.78. The molecule has 3 rings (SSSR count). The second-order valence-corrected chi connectivity index (χ2v) is 6.75. The van der Waals surface area contributed by atoms with Gasteiger partial charge in [-0.25, -0.2) is 0 Å². The highest BCUT2D eigenvalue weighted by Crippen LogP contribution is 2.23. The van der Waals surface area contributed by atoms with E-state index in [1.165, 1.54) is 24.8 Å². The molecule has 2 aliphatic rings. The first kappa shape index (κ1) is 16.0. The topological polar surface area (TPSA) is 47.3 Å². The van der Waals surface area contributed by atoms with E-state index in [9.17, 15) is 4.79 Å². The predicted molar refractivity (Wildman–Crippen MR) is 89.6 cm³/mol. The van der Waals surface area contributed by atoms with Crippen molar-refractivity contribution in [3.63, 3.8) is 0 Å². The second kappa shape index (κ2) is 7.61. The number of hydrogen-bond donors (Lipinski definition) is 0. The number of likely N-dealkylation sites (tertiary alicyclic amines) is 2. The molecule has 1 aromatic rings. The molecule has 0 bridgehead atoms. The fraction of sp³-hybridized carbons (Fsp3) is 0.579. The Morgan fingerprint density at radius 1 is 1.04 bits per heavy atom. The SMILES string of the molecule is N#Cc1ccc(CN2CCC(C(=O)N3CCCCC3)CC2)cc1. The van der Waals surface area contributed by atoms with E-state index < -0.39 is 0 Å². The van der Waals surface area contributed by atoms with E-state index in [0.29, 0.717) is 11.5 Å². The van der Waals surface area contributed by atoms with E-state index in [1.54, 1.807) is 0 Å². The van der Waals surface area contributed by atoms with Gasteiger partial charge in [-0.3, -0.25) is 9.69 Å². The molecule has 0 atom stereocenters. The van der Waals surface area contributed by atoms with E-state index in [1.807, 2.05) is 24.3 Å². The third-order valence-electron chi connectivity index (χ3n) is 5.09. The van der Waals surface area contributed by atoms with Gasteiger partial charge in [-0.2, -0.15) is 5.26 Å². The quantitative estimate of drug-likeness (QED) is 0.862. The molecule has 23 heavy (non-hydrogen) atoms. The lowest BCUT2D eigenvalue weighted by atomic mass is 9.94. The van der Waals surface area contributed by atoms with Crippen molar-refractivity contribution in [2.24, 2.45) is 5.92 Å². The van der Waals surface area contributed by atoms with Gasteiger partial charge >= 0.3 is 0 Å². The highest BCUT2D eigenvalue weighted by Gasteiger charge is 2.29. The summed E-state index contributed by atoms with van der Waals surface area (Å²) in [5.74, 6) is 0.619. The summed E-state index contributed by atoms with van der Waals surface area (Å²) >= 11 is 0. The van der Waals surface area contributed by atoms with Crippen LogP contribution in [0, 0.1) is 17.2 Å². The number of piperidine rings is 2. The minimum Gasteiger partial charge on any atom is -0.342 e. The molecule has 1 aromatic carbocycles. The molecule has 2 saturated heterocycles. The Labute approximate surface area is 138 Å². The molecule has 2 fully saturated rings. The highest BCUT2D eigenvalue weighted by molar-refractivity contribution is 5.79. The first-order valence-electron chi connectivity index (χ1n) is 8.76. The first-order chi connectivity index (χ1) is 11.3. The van der Waals surface area contributed by atoms with Crippen molar-refractivity contribution in [1.29, 1.82) is 5.26 Å². The fourth-order valence-electron chi connectivity index (χ4n) is 3.65. The summed E-state index contributed by atoms with van der Waals surface area (Å²) < 4.78 is 0. The number of hydrogen-bond acceptors (Lipinski definition) is 3. The van der Waals surface area contributed by atoms with Gasteiger partial charge in [-0.05, 0) is 62.9 Å². The number of rotatable bonds is 3. The Kier molecular flexibility index (Phi) is 5.30. The van der Waals surface area contributed by atoms with Gasteiger partial charge in [0.05, 0.1) is 11.6 Å². The van der Waals surface area contributed by atoms with Crippen LogP contribution in [0.1, 0.15) is 43.2 Å². The Hall–Kier alpha value is -1.86. The molecule has 0 spiro atoms. The van der Waals surface area contributed by atoms with Crippen LogP contribution in [0.3, 0.4) is 0 Å². The van der Waals surface area contributed by atoms with Gasteiger partial charge < -0.3 is 4.90 Å². The number of amides is 1. The van der Waals surface area contributed by atoms with Crippen molar-refractivity contribution < 1.29 is 4.79 Å². The van der Waals surface area contributed by atoms with Gasteiger partial charge in [0, 0.05) is 25.6 Å². The largest absolute Gasteiger partial charge is 0.342 e. The molecule has 0 N–H and O–H groups in total. The Bertz CT molecular complexity index is 561. The van der Waals surface area contributed by atoms with Crippen molar-refractivity contribution in [3.8, 4) is 6.07 Å². The first-order valence-corrected chi connectivity index (χ1v) is 8.76. The monoisotopic (exact) mass is 311 g/mol. The maximum absolute atomic E-state index is 12.6. The number of benzene rings is 1. The summed E-state index contributed by atoms with van der Waals surface area (Å²) in [6.07, 6.45) is 5.57. The molecule has 0 aliphatic carbocycles. The van der Waals surface area contributed by atoms with Crippen LogP contribution >= 0.6 is 0 Å². The summed E-state index contributed by atoms with van der Waals surface area (Å²) in [4.78, 5) is 17.1. The lowest BCUT2D eigenvalue weighted by Crippen LogP contribution is -2.44. The molecule has 0 radical (unpaired) electrons. The zero-order chi connectivity index (χ0) is 16.1. The normalized spacial score (nSPS) is 20.2. The van der Waals surface area contributed by atoms with Gasteiger partial charge in [0.1, 0.15) is 0 Å². The number of carbonyl (C=O) groups excluding carboxylic acids is 1. The molecular weight excluding hydrogens is 286 g/mol. The van der Waals surface area contributed by atoms with E-state index in [4.69, 9.17) is 5.26 Å². The van der Waals surface area contributed by atoms with Crippen LogP contribution < -0.4 is 0 Å². The lowest BCUT2D eigenvalue weighted by molar-refractivity contribution is -0.138. The van der Waals surface area contributed by atoms with Gasteiger partial charge in [-0.1, -0.05) is 12.1 Å². The molecule has 2 aliphatic heterocycles. The minimum atomic E-state index is 0.227. The molecule has 0 aromatic heterocycles. The van der Waals surface area contributed by atoms with Gasteiger partial charge in [0.2, 0.25) is 5.91 Å². The number of carbonyl (C=O) groups is 1. The second-order valence-electron chi connectivity index (χ2n) is 6.75. The number of nitrogens with zero attached hydrogens (tertiary/aromatic N) is 3. The molecule has 0 saturated carbocycles. The highest BCUT2D eigenvalue weighted by atomic mass is 16.2. The average Bonchev–Trinajstić information content (AvgIpc) is 2.63. The molecule has 122 valence electrons. The van der Waals surface area contributed by atoms with Crippen LogP contribution in [-0.2, 0) is 11.3 Å². The van der Waals surface area contributed by atoms with Crippen LogP contribution in [0.5, 0.6) is 0 Å². The van der Waals surface area contributed by atoms with E-state index in [0.717, 1.165) is 45.6 Å². The lowest BCUT2D eigenvalue weighted by Gasteiger charge is -2.35. The van der Waals surface area contributed by atoms with E-state index in [2.05, 4.69) is 15.9 Å². The maximum atomic E-state index is 12.6. The van der Waals surface area contributed by atoms with Crippen LogP contribution in [0.25, 0.3) is 0 Å². The molecular formula is C19H25N3O. The smallest absolute Gasteiger partial charge is 0.225 e. The zero-order valence-electron chi connectivity index (χ0n) is 13.7. The summed E-state index contributed by atoms with van der Waals surface area (Å²) in [6, 6.07) is 9.97. The minimum absolute atomic E-state index is 0.227. The third-order valence-corrected chi connectivity index (χ3v) is 5.09. The van der Waals surface area contributed by atoms with Crippen LogP contribution in [0.15, 0.2) is 24.3 Å². The third kappa shape index (κ3) is 4.11. The van der Waals surface area contributed by atoms with Gasteiger partial charge in [0.15, 0.2) is 0 Å². The van der Waals surface area contributed by atoms with Crippen molar-refractivity contribution in [1.82, 2.24) is 9.80 Å². The van der Waals surface area contributed by atoms with Crippen LogP contribution in [-0.4, -0.2) is 41.9 Å². The standard InChI is InChI=1S/C19H25N3O/c20-14-16-4-6-17(7-5-16)15-21-12-8-18(9-13-21)19(23)22-10-2-1-3-11-22/h4-7,18H,1-3,8-13,15H2. The average molecular weight is 311 g/mol. The Morgan fingerprint density at radius 2 is 1.70 bits per heavy atom. The number of nitriles is 1. The summed E-state index contributed by atoms with van der Waals surface area (Å²) in [5.41, 5.74) is 1.95. The van der Waals surface area contributed by atoms with E-state index >= 15 is 0 Å². The Balaban J connectivity index is 1.47. The summed E-state index contributed by atoms with van der Waals surface area (Å²) in [5, 5.41) is 8.84. The molecule has 0 unspecified atom stereocenters. The molecule has 1 amide bonds. The van der Waals surface area contributed by atoms with Crippen molar-refractivity contribution in [3.05, 3.63) is 35.4 Å². The van der Waals surface area contributed by atoms with Crippen molar-refractivity contribution in [2.45, 2.75) is 38.6 Å². The van der Waals surface area contributed by atoms with Crippen molar-refractivity contribution in [2.75, 3.05) is 26.2 Å². The molecule has 4 nitrogen and oxygen atoms in total. The van der Waals surface area contributed by atoms with E-state index in [-0.39, 0.29) is 5.92 Å². The Morgan fingerprint density at radius 3 is 2.30 bits per heavy atom. The fourth-order valence-corrected chi connectivity index (χ4v) is 3.65. The molecule has 4 heteroatoms. The van der Waals surface area contributed by atoms with Crippen LogP contribution in [0.4, 0.5) is 0 Å².